The molecule has 4 heteroatoms. The van der Waals surface area contributed by atoms with Crippen molar-refractivity contribution in [1.82, 2.24) is 5.43 Å². The minimum absolute atomic E-state index is 0.000258. The van der Waals surface area contributed by atoms with Crippen LogP contribution in [0.25, 0.3) is 0 Å². The first kappa shape index (κ1) is 20.9. The minimum atomic E-state index is -0.180. The molecule has 0 heterocycles. The van der Waals surface area contributed by atoms with E-state index in [1.165, 1.54) is 62.6 Å². The molecule has 28 heavy (non-hydrogen) atoms. The van der Waals surface area contributed by atoms with Gasteiger partial charge in [-0.15, -0.1) is 0 Å². The summed E-state index contributed by atoms with van der Waals surface area (Å²) in [5.74, 6) is 1.87. The summed E-state index contributed by atoms with van der Waals surface area (Å²) >= 11 is 0. The molecule has 154 valence electrons. The van der Waals surface area contributed by atoms with Crippen molar-refractivity contribution in [1.29, 1.82) is 0 Å². The first-order valence-electron chi connectivity index (χ1n) is 11.0. The van der Waals surface area contributed by atoms with E-state index in [-0.39, 0.29) is 17.9 Å². The van der Waals surface area contributed by atoms with Crippen molar-refractivity contribution < 1.29 is 9.53 Å². The zero-order chi connectivity index (χ0) is 20.0. The third-order valence-corrected chi connectivity index (χ3v) is 6.26. The number of amides is 1. The maximum absolute atomic E-state index is 12.2. The molecule has 0 saturated heterocycles. The van der Waals surface area contributed by atoms with E-state index in [1.807, 2.05) is 12.1 Å². The number of benzene rings is 1. The van der Waals surface area contributed by atoms with Crippen molar-refractivity contribution >= 4 is 11.6 Å². The maximum atomic E-state index is 12.2. The van der Waals surface area contributed by atoms with Crippen molar-refractivity contribution in [3.8, 4) is 5.75 Å². The van der Waals surface area contributed by atoms with E-state index in [2.05, 4.69) is 43.4 Å². The van der Waals surface area contributed by atoms with Gasteiger partial charge in [0.15, 0.2) is 6.61 Å². The van der Waals surface area contributed by atoms with Crippen LogP contribution in [-0.2, 0) is 10.2 Å². The van der Waals surface area contributed by atoms with Gasteiger partial charge in [-0.25, -0.2) is 5.43 Å². The molecule has 2 fully saturated rings. The Morgan fingerprint density at radius 2 is 1.71 bits per heavy atom. The summed E-state index contributed by atoms with van der Waals surface area (Å²) in [6.45, 7) is 6.55. The van der Waals surface area contributed by atoms with Gasteiger partial charge in [-0.05, 0) is 61.1 Å². The second-order valence-corrected chi connectivity index (χ2v) is 9.45. The zero-order valence-electron chi connectivity index (χ0n) is 17.8. The zero-order valence-corrected chi connectivity index (χ0v) is 17.8. The van der Waals surface area contributed by atoms with Crippen LogP contribution in [0.3, 0.4) is 0 Å². The summed E-state index contributed by atoms with van der Waals surface area (Å²) in [5.41, 5.74) is 5.32. The summed E-state index contributed by atoms with van der Waals surface area (Å²) in [6.07, 6.45) is 11.5. The second-order valence-electron chi connectivity index (χ2n) is 9.45. The van der Waals surface area contributed by atoms with Gasteiger partial charge in [0.1, 0.15) is 5.75 Å². The van der Waals surface area contributed by atoms with E-state index in [1.54, 1.807) is 0 Å². The topological polar surface area (TPSA) is 50.7 Å². The highest BCUT2D eigenvalue weighted by molar-refractivity contribution is 5.89. The van der Waals surface area contributed by atoms with Gasteiger partial charge in [-0.2, -0.15) is 5.10 Å². The first-order valence-corrected chi connectivity index (χ1v) is 11.0. The van der Waals surface area contributed by atoms with Crippen LogP contribution in [0, 0.1) is 11.8 Å². The molecule has 2 saturated carbocycles. The van der Waals surface area contributed by atoms with Gasteiger partial charge in [0.05, 0.1) is 0 Å². The molecule has 0 aliphatic heterocycles. The fraction of sp³-hybridized carbons (Fsp3) is 0.667. The predicted molar refractivity (Wildman–Crippen MR) is 115 cm³/mol. The number of hydrazone groups is 1. The van der Waals surface area contributed by atoms with Crippen molar-refractivity contribution in [3.63, 3.8) is 0 Å². The fourth-order valence-electron chi connectivity index (χ4n) is 4.57. The fourth-order valence-corrected chi connectivity index (χ4v) is 4.57. The summed E-state index contributed by atoms with van der Waals surface area (Å²) in [5, 5.41) is 4.54. The summed E-state index contributed by atoms with van der Waals surface area (Å²) in [7, 11) is 0. The molecule has 0 bridgehead atoms. The Bertz CT molecular complexity index is 667. The molecule has 3 rings (SSSR count). The molecule has 0 unspecified atom stereocenters. The highest BCUT2D eigenvalue weighted by Gasteiger charge is 2.29. The number of hydrogen-bond acceptors (Lipinski definition) is 3. The Balaban J connectivity index is 1.50. The molecule has 1 aromatic carbocycles. The smallest absolute Gasteiger partial charge is 0.277 e. The van der Waals surface area contributed by atoms with Gasteiger partial charge in [0.2, 0.25) is 0 Å². The van der Waals surface area contributed by atoms with Crippen molar-refractivity contribution in [2.45, 2.75) is 84.0 Å². The number of carbonyl (C=O) groups is 1. The molecular weight excluding hydrogens is 348 g/mol. The molecule has 0 spiro atoms. The number of carbonyl (C=O) groups excluding carboxylic acids is 1. The predicted octanol–water partition coefficient (Wildman–Crippen LogP) is 5.61. The summed E-state index contributed by atoms with van der Waals surface area (Å²) in [4.78, 5) is 12.2. The number of hydrogen-bond donors (Lipinski definition) is 1. The quantitative estimate of drug-likeness (QED) is 0.671. The monoisotopic (exact) mass is 384 g/mol. The van der Waals surface area contributed by atoms with Crippen LogP contribution in [0.2, 0.25) is 0 Å². The van der Waals surface area contributed by atoms with Crippen molar-refractivity contribution in [2.24, 2.45) is 16.9 Å². The lowest BCUT2D eigenvalue weighted by atomic mass is 9.72. The number of ether oxygens (including phenoxy) is 1. The molecule has 4 nitrogen and oxygen atoms in total. The van der Waals surface area contributed by atoms with Gasteiger partial charge in [0.25, 0.3) is 5.91 Å². The third kappa shape index (κ3) is 5.83. The van der Waals surface area contributed by atoms with Crippen LogP contribution < -0.4 is 10.2 Å². The van der Waals surface area contributed by atoms with E-state index in [4.69, 9.17) is 4.74 Å². The number of nitrogens with one attached hydrogen (secondary N) is 1. The minimum Gasteiger partial charge on any atom is -0.484 e. The van der Waals surface area contributed by atoms with Gasteiger partial charge < -0.3 is 4.74 Å². The van der Waals surface area contributed by atoms with E-state index in [9.17, 15) is 4.79 Å². The Hall–Kier alpha value is -1.84. The molecule has 0 radical (unpaired) electrons. The SMILES string of the molecule is CC(C)(C)c1ccc(OCC(=O)N/N=C2/CCCC[C@@H]2C2CCCCC2)cc1. The largest absolute Gasteiger partial charge is 0.484 e. The maximum Gasteiger partial charge on any atom is 0.277 e. The highest BCUT2D eigenvalue weighted by atomic mass is 16.5. The van der Waals surface area contributed by atoms with Crippen LogP contribution >= 0.6 is 0 Å². The molecule has 0 aromatic heterocycles. The lowest BCUT2D eigenvalue weighted by Crippen LogP contribution is -2.32. The Kier molecular flexibility index (Phi) is 7.14. The number of rotatable bonds is 5. The van der Waals surface area contributed by atoms with Crippen molar-refractivity contribution in [3.05, 3.63) is 29.8 Å². The summed E-state index contributed by atoms with van der Waals surface area (Å²) in [6, 6.07) is 7.98. The van der Waals surface area contributed by atoms with E-state index in [0.29, 0.717) is 11.7 Å². The Morgan fingerprint density at radius 1 is 1.04 bits per heavy atom. The van der Waals surface area contributed by atoms with Gasteiger partial charge >= 0.3 is 0 Å². The molecule has 2 aliphatic carbocycles. The second kappa shape index (κ2) is 9.58. The highest BCUT2D eigenvalue weighted by Crippen LogP contribution is 2.36. The van der Waals surface area contributed by atoms with Crippen LogP contribution in [-0.4, -0.2) is 18.2 Å². The van der Waals surface area contributed by atoms with Gasteiger partial charge in [-0.1, -0.05) is 58.6 Å². The van der Waals surface area contributed by atoms with Gasteiger partial charge in [0, 0.05) is 11.6 Å². The lowest BCUT2D eigenvalue weighted by Gasteiger charge is -2.33. The molecular formula is C24H36N2O2. The standard InChI is InChI=1S/C24H36N2O2/c1-24(2,3)19-13-15-20(16-14-19)28-17-23(27)26-25-22-12-8-7-11-21(22)18-9-5-4-6-10-18/h13-16,18,21H,4-12,17H2,1-3H3,(H,26,27)/b25-22-/t21-/m1/s1. The van der Waals surface area contributed by atoms with Crippen LogP contribution in [0.15, 0.2) is 29.4 Å². The average Bonchev–Trinajstić information content (AvgIpc) is 2.71. The lowest BCUT2D eigenvalue weighted by molar-refractivity contribution is -0.123. The van der Waals surface area contributed by atoms with E-state index >= 15 is 0 Å². The van der Waals surface area contributed by atoms with Crippen LogP contribution in [0.4, 0.5) is 0 Å². The normalized spacial score (nSPS) is 22.8. The molecule has 1 aromatic rings. The molecule has 2 aliphatic rings. The van der Waals surface area contributed by atoms with Crippen LogP contribution in [0.1, 0.15) is 84.1 Å². The van der Waals surface area contributed by atoms with Gasteiger partial charge in [-0.3, -0.25) is 4.79 Å². The molecule has 1 atom stereocenters. The molecule has 1 N–H and O–H groups in total. The third-order valence-electron chi connectivity index (χ3n) is 6.26. The average molecular weight is 385 g/mol. The van der Waals surface area contributed by atoms with E-state index < -0.39 is 0 Å². The first-order chi connectivity index (χ1) is 13.4. The van der Waals surface area contributed by atoms with E-state index in [0.717, 1.165) is 12.3 Å². The molecule has 1 amide bonds. The Morgan fingerprint density at radius 3 is 2.39 bits per heavy atom. The van der Waals surface area contributed by atoms with Crippen LogP contribution in [0.5, 0.6) is 5.75 Å². The summed E-state index contributed by atoms with van der Waals surface area (Å²) < 4.78 is 5.64. The Labute approximate surface area is 170 Å². The van der Waals surface area contributed by atoms with Crippen molar-refractivity contribution in [2.75, 3.05) is 6.61 Å². The number of nitrogens with zero attached hydrogens (tertiary/aromatic N) is 1.